The fraction of sp³-hybridized carbons (Fsp3) is 0.111. The first-order valence-corrected chi connectivity index (χ1v) is 8.81. The molecule has 25 heavy (non-hydrogen) atoms. The Morgan fingerprint density at radius 1 is 1.16 bits per heavy atom. The lowest BCUT2D eigenvalue weighted by Crippen LogP contribution is -2.34. The molecule has 1 atom stereocenters. The number of hydrogen-bond donors (Lipinski definition) is 2. The van der Waals surface area contributed by atoms with E-state index in [1.165, 1.54) is 0 Å². The second-order valence-electron chi connectivity index (χ2n) is 5.45. The lowest BCUT2D eigenvalue weighted by molar-refractivity contribution is 0.534. The highest BCUT2D eigenvalue weighted by Crippen LogP contribution is 2.25. The number of nitrogens with zero attached hydrogens (tertiary/aromatic N) is 2. The summed E-state index contributed by atoms with van der Waals surface area (Å²) in [6.07, 6.45) is 5.46. The van der Waals surface area contributed by atoms with Crippen LogP contribution in [0.3, 0.4) is 0 Å². The minimum Gasteiger partial charge on any atom is -0.354 e. The number of hydrogen-bond acceptors (Lipinski definition) is 2. The SMILES string of the molecule is S=C(Nc1ccc(Cl)cc1Cl)N[C@@H](Cn1ccnc1)c1ccccc1. The lowest BCUT2D eigenvalue weighted by Gasteiger charge is -2.22. The van der Waals surface area contributed by atoms with Crippen molar-refractivity contribution < 1.29 is 0 Å². The Hall–Kier alpha value is -2.08. The summed E-state index contributed by atoms with van der Waals surface area (Å²) in [5, 5.41) is 8.05. The number of nitrogens with one attached hydrogen (secondary N) is 2. The fourth-order valence-corrected chi connectivity index (χ4v) is 3.14. The zero-order chi connectivity index (χ0) is 17.6. The standard InChI is InChI=1S/C18H16Cl2N4S/c19-14-6-7-16(15(20)10-14)22-18(25)23-17(11-24-9-8-21-12-24)13-4-2-1-3-5-13/h1-10,12,17H,11H2,(H2,22,23,25)/t17-/m0/s1. The topological polar surface area (TPSA) is 41.9 Å². The molecule has 7 heteroatoms. The van der Waals surface area contributed by atoms with Gasteiger partial charge in [0.2, 0.25) is 0 Å². The van der Waals surface area contributed by atoms with Crippen molar-refractivity contribution >= 4 is 46.2 Å². The number of anilines is 1. The Kier molecular flexibility index (Phi) is 5.91. The molecule has 2 aromatic carbocycles. The molecule has 0 fully saturated rings. The van der Waals surface area contributed by atoms with Crippen LogP contribution in [0.1, 0.15) is 11.6 Å². The Balaban J connectivity index is 1.74. The van der Waals surface area contributed by atoms with Gasteiger partial charge in [-0.05, 0) is 36.0 Å². The highest BCUT2D eigenvalue weighted by molar-refractivity contribution is 7.80. The molecule has 0 saturated carbocycles. The van der Waals surface area contributed by atoms with Crippen molar-refractivity contribution in [3.8, 4) is 0 Å². The molecule has 0 unspecified atom stereocenters. The average Bonchev–Trinajstić information content (AvgIpc) is 3.11. The third kappa shape index (κ3) is 4.95. The van der Waals surface area contributed by atoms with Crippen molar-refractivity contribution in [2.45, 2.75) is 12.6 Å². The summed E-state index contributed by atoms with van der Waals surface area (Å²) >= 11 is 17.6. The van der Waals surface area contributed by atoms with E-state index in [4.69, 9.17) is 35.4 Å². The van der Waals surface area contributed by atoms with Gasteiger partial charge in [-0.2, -0.15) is 0 Å². The second kappa shape index (κ2) is 8.34. The minimum atomic E-state index is -0.0125. The maximum Gasteiger partial charge on any atom is 0.171 e. The molecule has 0 aliphatic carbocycles. The van der Waals surface area contributed by atoms with Gasteiger partial charge < -0.3 is 15.2 Å². The molecule has 0 bridgehead atoms. The van der Waals surface area contributed by atoms with Crippen LogP contribution in [0, 0.1) is 0 Å². The lowest BCUT2D eigenvalue weighted by atomic mass is 10.1. The monoisotopic (exact) mass is 390 g/mol. The largest absolute Gasteiger partial charge is 0.354 e. The van der Waals surface area contributed by atoms with Gasteiger partial charge in [0.15, 0.2) is 5.11 Å². The zero-order valence-electron chi connectivity index (χ0n) is 13.2. The molecule has 0 aliphatic rings. The first-order chi connectivity index (χ1) is 12.1. The van der Waals surface area contributed by atoms with Gasteiger partial charge in [-0.25, -0.2) is 4.98 Å². The molecule has 3 rings (SSSR count). The minimum absolute atomic E-state index is 0.0125. The third-order valence-electron chi connectivity index (χ3n) is 3.64. The van der Waals surface area contributed by atoms with Crippen molar-refractivity contribution in [3.63, 3.8) is 0 Å². The van der Waals surface area contributed by atoms with Crippen LogP contribution >= 0.6 is 35.4 Å². The summed E-state index contributed by atoms with van der Waals surface area (Å²) in [5.41, 5.74) is 1.83. The number of halogens is 2. The van der Waals surface area contributed by atoms with Crippen LogP contribution in [0.15, 0.2) is 67.3 Å². The molecule has 2 N–H and O–H groups in total. The van der Waals surface area contributed by atoms with Gasteiger partial charge in [0.05, 0.1) is 23.1 Å². The normalized spacial score (nSPS) is 11.8. The smallest absolute Gasteiger partial charge is 0.171 e. The maximum atomic E-state index is 6.20. The van der Waals surface area contributed by atoms with E-state index in [1.54, 1.807) is 30.7 Å². The van der Waals surface area contributed by atoms with E-state index in [2.05, 4.69) is 27.8 Å². The van der Waals surface area contributed by atoms with Crippen molar-refractivity contribution in [2.75, 3.05) is 5.32 Å². The van der Waals surface area contributed by atoms with Gasteiger partial charge in [-0.3, -0.25) is 0 Å². The van der Waals surface area contributed by atoms with Crippen LogP contribution in [-0.2, 0) is 6.54 Å². The van der Waals surface area contributed by atoms with E-state index < -0.39 is 0 Å². The van der Waals surface area contributed by atoms with Gasteiger partial charge in [-0.15, -0.1) is 0 Å². The third-order valence-corrected chi connectivity index (χ3v) is 4.41. The highest BCUT2D eigenvalue weighted by Gasteiger charge is 2.14. The van der Waals surface area contributed by atoms with Gasteiger partial charge in [0, 0.05) is 24.0 Å². The van der Waals surface area contributed by atoms with Crippen molar-refractivity contribution in [1.82, 2.24) is 14.9 Å². The summed E-state index contributed by atoms with van der Waals surface area (Å²) in [7, 11) is 0. The number of thiocarbonyl (C=S) groups is 1. The molecule has 0 amide bonds. The quantitative estimate of drug-likeness (QED) is 0.606. The molecule has 1 heterocycles. The number of benzene rings is 2. The maximum absolute atomic E-state index is 6.20. The molecule has 4 nitrogen and oxygen atoms in total. The summed E-state index contributed by atoms with van der Waals surface area (Å²) in [5.74, 6) is 0. The first-order valence-electron chi connectivity index (χ1n) is 7.65. The Labute approximate surface area is 161 Å². The van der Waals surface area contributed by atoms with Crippen LogP contribution in [-0.4, -0.2) is 14.7 Å². The summed E-state index contributed by atoms with van der Waals surface area (Å²) in [6.45, 7) is 0.695. The predicted molar refractivity (Wildman–Crippen MR) is 107 cm³/mol. The zero-order valence-corrected chi connectivity index (χ0v) is 15.5. The molecule has 3 aromatic rings. The number of imidazole rings is 1. The van der Waals surface area contributed by atoms with E-state index in [0.717, 1.165) is 5.56 Å². The van der Waals surface area contributed by atoms with Gasteiger partial charge in [-0.1, -0.05) is 53.5 Å². The summed E-state index contributed by atoms with van der Waals surface area (Å²) < 4.78 is 2.00. The van der Waals surface area contributed by atoms with Crippen LogP contribution in [0.2, 0.25) is 10.0 Å². The molecular formula is C18H16Cl2N4S. The van der Waals surface area contributed by atoms with Crippen LogP contribution < -0.4 is 10.6 Å². The summed E-state index contributed by atoms with van der Waals surface area (Å²) in [4.78, 5) is 4.09. The van der Waals surface area contributed by atoms with Crippen LogP contribution in [0.5, 0.6) is 0 Å². The van der Waals surface area contributed by atoms with Crippen LogP contribution in [0.25, 0.3) is 0 Å². The first kappa shape index (κ1) is 17.7. The Morgan fingerprint density at radius 2 is 1.96 bits per heavy atom. The number of rotatable bonds is 5. The van der Waals surface area contributed by atoms with Crippen molar-refractivity contribution in [2.24, 2.45) is 0 Å². The molecule has 0 aliphatic heterocycles. The number of aromatic nitrogens is 2. The molecule has 128 valence electrons. The van der Waals surface area contributed by atoms with E-state index in [0.29, 0.717) is 27.4 Å². The van der Waals surface area contributed by atoms with Crippen molar-refractivity contribution in [1.29, 1.82) is 0 Å². The summed E-state index contributed by atoms with van der Waals surface area (Å²) in [6, 6.07) is 15.3. The Morgan fingerprint density at radius 3 is 2.64 bits per heavy atom. The van der Waals surface area contributed by atoms with Crippen molar-refractivity contribution in [3.05, 3.63) is 82.9 Å². The van der Waals surface area contributed by atoms with Crippen LogP contribution in [0.4, 0.5) is 5.69 Å². The van der Waals surface area contributed by atoms with Gasteiger partial charge >= 0.3 is 0 Å². The molecule has 0 saturated heterocycles. The molecule has 0 spiro atoms. The molecular weight excluding hydrogens is 375 g/mol. The second-order valence-corrected chi connectivity index (χ2v) is 6.70. The van der Waals surface area contributed by atoms with E-state index in [9.17, 15) is 0 Å². The molecule has 1 aromatic heterocycles. The van der Waals surface area contributed by atoms with E-state index in [-0.39, 0.29) is 6.04 Å². The Bertz CT molecular complexity index is 838. The van der Waals surface area contributed by atoms with E-state index in [1.807, 2.05) is 29.0 Å². The predicted octanol–water partition coefficient (Wildman–Crippen LogP) is 4.92. The average molecular weight is 391 g/mol. The van der Waals surface area contributed by atoms with E-state index >= 15 is 0 Å². The fourth-order valence-electron chi connectivity index (χ4n) is 2.43. The highest BCUT2D eigenvalue weighted by atomic mass is 35.5. The molecule has 0 radical (unpaired) electrons. The van der Waals surface area contributed by atoms with Gasteiger partial charge in [0.1, 0.15) is 0 Å². The van der Waals surface area contributed by atoms with Gasteiger partial charge in [0.25, 0.3) is 0 Å².